The fourth-order valence-corrected chi connectivity index (χ4v) is 3.94. The standard InChI is InChI=1S/C13H22N2O2S2.ClH/c1-4-13(14,5-2)10-15-19(16,17)12-9-7-6-8-11(12)18-3;/h6-9,15H,4-5,10,14H2,1-3H3;1H. The minimum Gasteiger partial charge on any atom is -0.324 e. The van der Waals surface area contributed by atoms with Crippen LogP contribution >= 0.6 is 24.2 Å². The largest absolute Gasteiger partial charge is 0.324 e. The zero-order valence-corrected chi connectivity index (χ0v) is 14.5. The summed E-state index contributed by atoms with van der Waals surface area (Å²) in [6, 6.07) is 6.97. The van der Waals surface area contributed by atoms with Crippen LogP contribution in [0.15, 0.2) is 34.1 Å². The van der Waals surface area contributed by atoms with E-state index in [-0.39, 0.29) is 19.0 Å². The third-order valence-corrected chi connectivity index (χ3v) is 5.77. The maximum atomic E-state index is 12.3. The summed E-state index contributed by atoms with van der Waals surface area (Å²) >= 11 is 1.42. The summed E-state index contributed by atoms with van der Waals surface area (Å²) in [6.45, 7) is 4.19. The van der Waals surface area contributed by atoms with E-state index < -0.39 is 15.6 Å². The number of nitrogens with one attached hydrogen (secondary N) is 1. The van der Waals surface area contributed by atoms with Gasteiger partial charge in [0.2, 0.25) is 10.0 Å². The van der Waals surface area contributed by atoms with Gasteiger partial charge in [0.1, 0.15) is 0 Å². The second-order valence-corrected chi connectivity index (χ2v) is 7.13. The molecule has 3 N–H and O–H groups in total. The molecule has 0 aliphatic heterocycles. The predicted octanol–water partition coefficient (Wildman–Crippen LogP) is 2.63. The van der Waals surface area contributed by atoms with Crippen LogP contribution in [-0.2, 0) is 10.0 Å². The van der Waals surface area contributed by atoms with Gasteiger partial charge >= 0.3 is 0 Å². The smallest absolute Gasteiger partial charge is 0.241 e. The lowest BCUT2D eigenvalue weighted by Gasteiger charge is -2.26. The van der Waals surface area contributed by atoms with Gasteiger partial charge in [-0.05, 0) is 31.2 Å². The zero-order chi connectivity index (χ0) is 14.5. The van der Waals surface area contributed by atoms with E-state index in [1.165, 1.54) is 11.8 Å². The van der Waals surface area contributed by atoms with E-state index in [0.717, 1.165) is 17.7 Å². The highest BCUT2D eigenvalue weighted by molar-refractivity contribution is 7.99. The third kappa shape index (κ3) is 4.93. The van der Waals surface area contributed by atoms with Crippen LogP contribution in [0.5, 0.6) is 0 Å². The molecule has 0 aliphatic carbocycles. The molecule has 116 valence electrons. The summed E-state index contributed by atoms with van der Waals surface area (Å²) in [4.78, 5) is 1.06. The van der Waals surface area contributed by atoms with Crippen LogP contribution in [0.3, 0.4) is 0 Å². The Morgan fingerprint density at radius 3 is 2.30 bits per heavy atom. The summed E-state index contributed by atoms with van der Waals surface area (Å²) in [5.74, 6) is 0. The van der Waals surface area contributed by atoms with Crippen molar-refractivity contribution in [1.82, 2.24) is 4.72 Å². The van der Waals surface area contributed by atoms with E-state index in [2.05, 4.69) is 4.72 Å². The zero-order valence-electron chi connectivity index (χ0n) is 12.0. The number of hydrogen-bond acceptors (Lipinski definition) is 4. The Labute approximate surface area is 132 Å². The molecule has 7 heteroatoms. The number of thioether (sulfide) groups is 1. The third-order valence-electron chi connectivity index (χ3n) is 3.38. The number of sulfonamides is 1. The maximum Gasteiger partial charge on any atom is 0.241 e. The van der Waals surface area contributed by atoms with Gasteiger partial charge in [-0.3, -0.25) is 0 Å². The van der Waals surface area contributed by atoms with E-state index in [0.29, 0.717) is 4.90 Å². The number of nitrogens with two attached hydrogens (primary N) is 1. The van der Waals surface area contributed by atoms with Crippen LogP contribution in [0.2, 0.25) is 0 Å². The molecule has 4 nitrogen and oxygen atoms in total. The Morgan fingerprint density at radius 1 is 1.25 bits per heavy atom. The number of rotatable bonds is 7. The van der Waals surface area contributed by atoms with Gasteiger partial charge in [0.25, 0.3) is 0 Å². The Bertz CT molecular complexity index is 517. The molecule has 1 rings (SSSR count). The highest BCUT2D eigenvalue weighted by Gasteiger charge is 2.25. The van der Waals surface area contributed by atoms with E-state index >= 15 is 0 Å². The second kappa shape index (κ2) is 8.24. The van der Waals surface area contributed by atoms with E-state index in [1.807, 2.05) is 26.2 Å². The molecule has 0 atom stereocenters. The van der Waals surface area contributed by atoms with Gasteiger partial charge in [-0.1, -0.05) is 26.0 Å². The molecule has 0 aromatic heterocycles. The van der Waals surface area contributed by atoms with Crippen LogP contribution in [0, 0.1) is 0 Å². The van der Waals surface area contributed by atoms with Crippen molar-refractivity contribution in [3.8, 4) is 0 Å². The monoisotopic (exact) mass is 338 g/mol. The van der Waals surface area contributed by atoms with E-state index in [4.69, 9.17) is 5.73 Å². The molecule has 0 bridgehead atoms. The first-order valence-corrected chi connectivity index (χ1v) is 9.01. The van der Waals surface area contributed by atoms with Gasteiger partial charge in [0.05, 0.1) is 4.90 Å². The molecular formula is C13H23ClN2O2S2. The van der Waals surface area contributed by atoms with Gasteiger partial charge in [0.15, 0.2) is 0 Å². The van der Waals surface area contributed by atoms with Crippen molar-refractivity contribution in [1.29, 1.82) is 0 Å². The molecule has 0 radical (unpaired) electrons. The summed E-state index contributed by atoms with van der Waals surface area (Å²) in [5.41, 5.74) is 5.64. The minimum absolute atomic E-state index is 0. The molecule has 0 aliphatic rings. The van der Waals surface area contributed by atoms with Crippen LogP contribution in [-0.4, -0.2) is 26.8 Å². The fourth-order valence-electron chi connectivity index (χ4n) is 1.66. The van der Waals surface area contributed by atoms with Crippen LogP contribution in [0.1, 0.15) is 26.7 Å². The van der Waals surface area contributed by atoms with Crippen molar-refractivity contribution in [3.05, 3.63) is 24.3 Å². The van der Waals surface area contributed by atoms with E-state index in [1.54, 1.807) is 18.2 Å². The van der Waals surface area contributed by atoms with Gasteiger partial charge in [-0.15, -0.1) is 24.2 Å². The van der Waals surface area contributed by atoms with Crippen molar-refractivity contribution in [2.75, 3.05) is 12.8 Å². The first-order valence-electron chi connectivity index (χ1n) is 6.30. The Hall–Kier alpha value is -0.270. The average molecular weight is 339 g/mol. The van der Waals surface area contributed by atoms with Crippen molar-refractivity contribution in [3.63, 3.8) is 0 Å². The number of hydrogen-bond donors (Lipinski definition) is 2. The topological polar surface area (TPSA) is 72.2 Å². The Balaban J connectivity index is 0.00000361. The molecule has 20 heavy (non-hydrogen) atoms. The van der Waals surface area contributed by atoms with Crippen LogP contribution in [0.4, 0.5) is 0 Å². The van der Waals surface area contributed by atoms with Crippen molar-refractivity contribution < 1.29 is 8.42 Å². The average Bonchev–Trinajstić information content (AvgIpc) is 2.44. The van der Waals surface area contributed by atoms with Crippen LogP contribution < -0.4 is 10.5 Å². The second-order valence-electron chi connectivity index (χ2n) is 4.54. The summed E-state index contributed by atoms with van der Waals surface area (Å²) in [7, 11) is -3.51. The quantitative estimate of drug-likeness (QED) is 0.750. The molecule has 0 amide bonds. The Morgan fingerprint density at radius 2 is 1.80 bits per heavy atom. The predicted molar refractivity (Wildman–Crippen MR) is 88.2 cm³/mol. The van der Waals surface area contributed by atoms with Gasteiger partial charge < -0.3 is 5.73 Å². The normalized spacial score (nSPS) is 12.0. The summed E-state index contributed by atoms with van der Waals surface area (Å²) in [6.07, 6.45) is 3.33. The van der Waals surface area contributed by atoms with Gasteiger partial charge in [-0.2, -0.15) is 0 Å². The van der Waals surface area contributed by atoms with Crippen molar-refractivity contribution >= 4 is 34.2 Å². The SMILES string of the molecule is CCC(N)(CC)CNS(=O)(=O)c1ccccc1SC.Cl. The van der Waals surface area contributed by atoms with Crippen LogP contribution in [0.25, 0.3) is 0 Å². The molecule has 0 spiro atoms. The highest BCUT2D eigenvalue weighted by atomic mass is 35.5. The molecule has 0 heterocycles. The van der Waals surface area contributed by atoms with Crippen molar-refractivity contribution in [2.45, 2.75) is 42.0 Å². The first-order chi connectivity index (χ1) is 8.88. The van der Waals surface area contributed by atoms with Gasteiger partial charge in [0, 0.05) is 17.0 Å². The number of halogens is 1. The highest BCUT2D eigenvalue weighted by Crippen LogP contribution is 2.24. The molecule has 0 saturated heterocycles. The first kappa shape index (κ1) is 19.7. The minimum atomic E-state index is -3.51. The van der Waals surface area contributed by atoms with Gasteiger partial charge in [-0.25, -0.2) is 13.1 Å². The molecular weight excluding hydrogens is 316 g/mol. The molecule has 0 unspecified atom stereocenters. The Kier molecular flexibility index (Phi) is 8.13. The lowest BCUT2D eigenvalue weighted by atomic mass is 9.95. The number of benzene rings is 1. The van der Waals surface area contributed by atoms with E-state index in [9.17, 15) is 8.42 Å². The molecule has 1 aromatic rings. The maximum absolute atomic E-state index is 12.3. The molecule has 1 aromatic carbocycles. The lowest BCUT2D eigenvalue weighted by Crippen LogP contribution is -2.49. The summed E-state index contributed by atoms with van der Waals surface area (Å²) < 4.78 is 27.2. The lowest BCUT2D eigenvalue weighted by molar-refractivity contribution is 0.391. The summed E-state index contributed by atoms with van der Waals surface area (Å²) in [5, 5.41) is 0. The van der Waals surface area contributed by atoms with Crippen molar-refractivity contribution in [2.24, 2.45) is 5.73 Å². The fraction of sp³-hybridized carbons (Fsp3) is 0.538. The molecule has 0 saturated carbocycles. The molecule has 0 fully saturated rings.